The van der Waals surface area contributed by atoms with E-state index in [4.69, 9.17) is 17.0 Å². The van der Waals surface area contributed by atoms with Gasteiger partial charge in [-0.1, -0.05) is 65.9 Å². The van der Waals surface area contributed by atoms with Gasteiger partial charge in [-0.25, -0.2) is 4.68 Å². The summed E-state index contributed by atoms with van der Waals surface area (Å²) in [6.07, 6.45) is 4.51. The topological polar surface area (TPSA) is 76.4 Å². The molecule has 4 rings (SSSR count). The fourth-order valence-corrected chi connectivity index (χ4v) is 3.38. The highest BCUT2D eigenvalue weighted by Crippen LogP contribution is 2.13. The van der Waals surface area contributed by atoms with Crippen molar-refractivity contribution in [2.75, 3.05) is 6.54 Å². The summed E-state index contributed by atoms with van der Waals surface area (Å²) < 4.78 is 7.63. The zero-order chi connectivity index (χ0) is 23.4. The van der Waals surface area contributed by atoms with Crippen LogP contribution in [0.4, 0.5) is 0 Å². The van der Waals surface area contributed by atoms with E-state index in [0.29, 0.717) is 18.3 Å². The molecule has 8 heteroatoms. The predicted molar refractivity (Wildman–Crippen MR) is 138 cm³/mol. The third-order valence-electron chi connectivity index (χ3n) is 4.96. The summed E-state index contributed by atoms with van der Waals surface area (Å²) in [4.78, 5) is 0. The monoisotopic (exact) mass is 470 g/mol. The Morgan fingerprint density at radius 3 is 2.38 bits per heavy atom. The minimum atomic E-state index is 0.354. The second-order valence-corrected chi connectivity index (χ2v) is 8.02. The van der Waals surface area contributed by atoms with E-state index in [-0.39, 0.29) is 0 Å². The molecule has 0 unspecified atom stereocenters. The van der Waals surface area contributed by atoms with E-state index in [2.05, 4.69) is 50.4 Å². The summed E-state index contributed by atoms with van der Waals surface area (Å²) in [6, 6.07) is 28.1. The first-order valence-electron chi connectivity index (χ1n) is 11.0. The molecular weight excluding hydrogens is 444 g/mol. The first-order chi connectivity index (χ1) is 16.7. The fraction of sp³-hybridized carbons (Fsp3) is 0.154. The molecule has 0 fully saturated rings. The van der Waals surface area contributed by atoms with Crippen molar-refractivity contribution in [3.05, 3.63) is 114 Å². The summed E-state index contributed by atoms with van der Waals surface area (Å²) >= 11 is 5.26. The van der Waals surface area contributed by atoms with Crippen molar-refractivity contribution >= 4 is 23.5 Å². The highest BCUT2D eigenvalue weighted by molar-refractivity contribution is 7.80. The number of ether oxygens (including phenoxy) is 1. The second-order valence-electron chi connectivity index (χ2n) is 7.61. The Hall–Kier alpha value is -4.04. The van der Waals surface area contributed by atoms with E-state index in [1.807, 2.05) is 71.5 Å². The Balaban J connectivity index is 1.17. The lowest BCUT2D eigenvalue weighted by Crippen LogP contribution is -2.33. The van der Waals surface area contributed by atoms with Crippen molar-refractivity contribution in [1.82, 2.24) is 25.7 Å². The molecule has 3 aromatic carbocycles. The Bertz CT molecular complexity index is 1190. The van der Waals surface area contributed by atoms with Gasteiger partial charge in [-0.05, 0) is 59.6 Å². The Labute approximate surface area is 204 Å². The summed E-state index contributed by atoms with van der Waals surface area (Å²) in [7, 11) is 0. The van der Waals surface area contributed by atoms with Gasteiger partial charge >= 0.3 is 0 Å². The molecule has 0 spiro atoms. The number of benzene rings is 3. The van der Waals surface area contributed by atoms with Gasteiger partial charge in [0, 0.05) is 6.54 Å². The second kappa shape index (κ2) is 12.3. The van der Waals surface area contributed by atoms with E-state index in [9.17, 15) is 0 Å². The number of thiocarbonyl (C=S) groups is 1. The normalized spacial score (nSPS) is 10.8. The highest BCUT2D eigenvalue weighted by atomic mass is 32.1. The van der Waals surface area contributed by atoms with E-state index in [0.717, 1.165) is 30.0 Å². The number of nitrogens with one attached hydrogen (secondary N) is 2. The molecule has 172 valence electrons. The lowest BCUT2D eigenvalue weighted by Gasteiger charge is -2.07. The van der Waals surface area contributed by atoms with Gasteiger partial charge < -0.3 is 10.1 Å². The predicted octanol–water partition coefficient (Wildman–Crippen LogP) is 3.95. The summed E-state index contributed by atoms with van der Waals surface area (Å²) in [5, 5.41) is 16.2. The molecule has 0 aliphatic rings. The zero-order valence-corrected chi connectivity index (χ0v) is 19.5. The van der Waals surface area contributed by atoms with Crippen LogP contribution >= 0.6 is 12.2 Å². The van der Waals surface area contributed by atoms with Crippen molar-refractivity contribution in [1.29, 1.82) is 0 Å². The number of hydrogen-bond donors (Lipinski definition) is 2. The van der Waals surface area contributed by atoms with Crippen LogP contribution in [-0.4, -0.2) is 32.9 Å². The van der Waals surface area contributed by atoms with Gasteiger partial charge in [-0.2, -0.15) is 5.10 Å². The molecule has 0 aliphatic carbocycles. The van der Waals surface area contributed by atoms with Gasteiger partial charge in [-0.3, -0.25) is 5.43 Å². The Kier molecular flexibility index (Phi) is 8.35. The average Bonchev–Trinajstić information content (AvgIpc) is 3.32. The molecule has 0 radical (unpaired) electrons. The molecule has 0 atom stereocenters. The molecule has 34 heavy (non-hydrogen) atoms. The van der Waals surface area contributed by atoms with Crippen LogP contribution in [0, 0.1) is 0 Å². The molecule has 0 amide bonds. The van der Waals surface area contributed by atoms with E-state index >= 15 is 0 Å². The summed E-state index contributed by atoms with van der Waals surface area (Å²) in [6.45, 7) is 1.78. The maximum Gasteiger partial charge on any atom is 0.186 e. The van der Waals surface area contributed by atoms with Gasteiger partial charge in [0.15, 0.2) is 5.11 Å². The van der Waals surface area contributed by atoms with Crippen LogP contribution in [-0.2, 0) is 19.6 Å². The van der Waals surface area contributed by atoms with Gasteiger partial charge in [-0.15, -0.1) is 5.10 Å². The number of hydrogen-bond acceptors (Lipinski definition) is 5. The van der Waals surface area contributed by atoms with Crippen LogP contribution in [0.5, 0.6) is 5.75 Å². The van der Waals surface area contributed by atoms with Crippen LogP contribution in [0.15, 0.2) is 96.2 Å². The lowest BCUT2D eigenvalue weighted by molar-refractivity contribution is 0.301. The minimum Gasteiger partial charge on any atom is -0.487 e. The average molecular weight is 471 g/mol. The van der Waals surface area contributed by atoms with E-state index in [1.165, 1.54) is 11.1 Å². The lowest BCUT2D eigenvalue weighted by atomic mass is 10.1. The Morgan fingerprint density at radius 1 is 0.941 bits per heavy atom. The molecule has 0 bridgehead atoms. The van der Waals surface area contributed by atoms with Gasteiger partial charge in [0.1, 0.15) is 18.1 Å². The number of nitrogens with zero attached hydrogens (tertiary/aromatic N) is 4. The molecule has 0 saturated heterocycles. The van der Waals surface area contributed by atoms with Crippen LogP contribution in [0.3, 0.4) is 0 Å². The van der Waals surface area contributed by atoms with Crippen LogP contribution in [0.2, 0.25) is 0 Å². The van der Waals surface area contributed by atoms with Crippen molar-refractivity contribution in [2.24, 2.45) is 5.10 Å². The van der Waals surface area contributed by atoms with Crippen molar-refractivity contribution in [2.45, 2.75) is 19.6 Å². The van der Waals surface area contributed by atoms with Crippen LogP contribution < -0.4 is 15.5 Å². The van der Waals surface area contributed by atoms with E-state index in [1.54, 1.807) is 6.21 Å². The smallest absolute Gasteiger partial charge is 0.186 e. The molecule has 1 heterocycles. The standard InChI is InChI=1S/C26H26N6OS/c34-26(27-16-15-21-7-3-1-4-8-21)30-28-17-22-11-13-25(14-12-22)33-20-24-19-32(31-29-24)18-23-9-5-2-6-10-23/h1-14,17,19H,15-16,18,20H2,(H2,27,30,34)/b28-17-. The SMILES string of the molecule is S=C(NCCc1ccccc1)N/N=C\c1ccc(OCc2cn(Cc3ccccc3)nn2)cc1. The molecule has 2 N–H and O–H groups in total. The highest BCUT2D eigenvalue weighted by Gasteiger charge is 2.03. The molecule has 0 aliphatic heterocycles. The van der Waals surface area contributed by atoms with Crippen molar-refractivity contribution in [3.8, 4) is 5.75 Å². The maximum atomic E-state index is 5.83. The number of rotatable bonds is 10. The molecule has 0 saturated carbocycles. The Morgan fingerprint density at radius 2 is 1.65 bits per heavy atom. The minimum absolute atomic E-state index is 0.354. The van der Waals surface area contributed by atoms with Crippen LogP contribution in [0.1, 0.15) is 22.4 Å². The number of hydrazone groups is 1. The fourth-order valence-electron chi connectivity index (χ4n) is 3.23. The third-order valence-corrected chi connectivity index (χ3v) is 5.20. The maximum absolute atomic E-state index is 5.83. The third kappa shape index (κ3) is 7.53. The first-order valence-corrected chi connectivity index (χ1v) is 11.4. The van der Waals surface area contributed by atoms with E-state index < -0.39 is 0 Å². The molecule has 7 nitrogen and oxygen atoms in total. The van der Waals surface area contributed by atoms with Gasteiger partial charge in [0.05, 0.1) is 19.0 Å². The number of aromatic nitrogens is 3. The van der Waals surface area contributed by atoms with Gasteiger partial charge in [0.2, 0.25) is 0 Å². The zero-order valence-electron chi connectivity index (χ0n) is 18.7. The van der Waals surface area contributed by atoms with Crippen molar-refractivity contribution in [3.63, 3.8) is 0 Å². The largest absolute Gasteiger partial charge is 0.487 e. The molecular formula is C26H26N6OS. The molecule has 4 aromatic rings. The summed E-state index contributed by atoms with van der Waals surface area (Å²) in [5.74, 6) is 0.751. The van der Waals surface area contributed by atoms with Crippen LogP contribution in [0.25, 0.3) is 0 Å². The molecule has 1 aromatic heterocycles. The van der Waals surface area contributed by atoms with Crippen molar-refractivity contribution < 1.29 is 4.74 Å². The first kappa shape index (κ1) is 23.1. The van der Waals surface area contributed by atoms with Gasteiger partial charge in [0.25, 0.3) is 0 Å². The quantitative estimate of drug-likeness (QED) is 0.208. The summed E-state index contributed by atoms with van der Waals surface area (Å²) in [5.41, 5.74) is 6.99.